The smallest absolute Gasteiger partial charge is 0.113 e. The van der Waals surface area contributed by atoms with Crippen LogP contribution in [0.2, 0.25) is 5.02 Å². The molecule has 282 valence electrons. The van der Waals surface area contributed by atoms with Crippen LogP contribution in [0.1, 0.15) is 56.7 Å². The molecule has 0 unspecified atom stereocenters. The van der Waals surface area contributed by atoms with Gasteiger partial charge in [-0.25, -0.2) is 0 Å². The van der Waals surface area contributed by atoms with Gasteiger partial charge in [0.05, 0.1) is 43.5 Å². The molecule has 5 atom stereocenters. The van der Waals surface area contributed by atoms with Crippen LogP contribution in [0.3, 0.4) is 0 Å². The molecule has 0 aliphatic carbocycles. The van der Waals surface area contributed by atoms with E-state index in [4.69, 9.17) is 30.5 Å². The molecule has 0 amide bonds. The Morgan fingerprint density at radius 2 is 0.964 bits per heavy atom. The number of hydrogen-bond acceptors (Lipinski definition) is 5. The fourth-order valence-electron chi connectivity index (χ4n) is 7.08. The quantitative estimate of drug-likeness (QED) is 0.0924. The fraction of sp³-hybridized carbons (Fsp3) is 0.265. The van der Waals surface area contributed by atoms with Crippen LogP contribution in [0.4, 0.5) is 0 Å². The predicted octanol–water partition coefficient (Wildman–Crippen LogP) is 11.6. The van der Waals surface area contributed by atoms with Gasteiger partial charge in [-0.05, 0) is 63.4 Å². The van der Waals surface area contributed by atoms with Gasteiger partial charge in [-0.2, -0.15) is 0 Å². The third-order valence-corrected chi connectivity index (χ3v) is 12.1. The first-order valence-electron chi connectivity index (χ1n) is 19.2. The molecule has 0 N–H and O–H groups in total. The van der Waals surface area contributed by atoms with Crippen molar-refractivity contribution >= 4 is 23.4 Å². The summed E-state index contributed by atoms with van der Waals surface area (Å²) in [5.41, 5.74) is 9.24. The van der Waals surface area contributed by atoms with Gasteiger partial charge in [0.2, 0.25) is 0 Å². The van der Waals surface area contributed by atoms with Gasteiger partial charge in [-0.3, -0.25) is 0 Å². The Balaban J connectivity index is 1.25. The summed E-state index contributed by atoms with van der Waals surface area (Å²) >= 11 is 8.80. The van der Waals surface area contributed by atoms with Crippen molar-refractivity contribution in [3.05, 3.63) is 213 Å². The highest BCUT2D eigenvalue weighted by molar-refractivity contribution is 8.00. The highest BCUT2D eigenvalue weighted by Crippen LogP contribution is 2.48. The Hall–Kier alpha value is -4.20. The molecule has 0 radical (unpaired) electrons. The highest BCUT2D eigenvalue weighted by Gasteiger charge is 2.48. The minimum absolute atomic E-state index is 0.0597. The zero-order valence-corrected chi connectivity index (χ0v) is 32.9. The summed E-state index contributed by atoms with van der Waals surface area (Å²) in [6.45, 7) is 4.50. The molecule has 1 fully saturated rings. The summed E-state index contributed by atoms with van der Waals surface area (Å²) in [7, 11) is 0. The maximum atomic E-state index is 7.06. The van der Waals surface area contributed by atoms with Crippen molar-refractivity contribution in [2.45, 2.75) is 75.0 Å². The van der Waals surface area contributed by atoms with Gasteiger partial charge in [-0.15, -0.1) is 11.8 Å². The molecule has 0 bridgehead atoms. The van der Waals surface area contributed by atoms with Crippen LogP contribution in [0.15, 0.2) is 164 Å². The van der Waals surface area contributed by atoms with Crippen LogP contribution in [0, 0.1) is 0 Å². The van der Waals surface area contributed by atoms with E-state index in [1.165, 1.54) is 11.1 Å². The summed E-state index contributed by atoms with van der Waals surface area (Å²) < 4.78 is 27.6. The molecular weight excluding hydrogens is 720 g/mol. The lowest BCUT2D eigenvalue weighted by Crippen LogP contribution is -2.54. The highest BCUT2D eigenvalue weighted by atomic mass is 35.5. The lowest BCUT2D eigenvalue weighted by molar-refractivity contribution is -0.160. The summed E-state index contributed by atoms with van der Waals surface area (Å²) in [5.74, 6) is 0. The number of halogens is 1. The van der Waals surface area contributed by atoms with E-state index in [1.54, 1.807) is 0 Å². The Morgan fingerprint density at radius 1 is 0.491 bits per heavy atom. The summed E-state index contributed by atoms with van der Waals surface area (Å²) in [6, 6.07) is 56.7. The molecule has 1 aliphatic heterocycles. The molecule has 55 heavy (non-hydrogen) atoms. The second-order valence-electron chi connectivity index (χ2n) is 14.1. The molecule has 4 nitrogen and oxygen atoms in total. The van der Waals surface area contributed by atoms with Crippen molar-refractivity contribution in [3.63, 3.8) is 0 Å². The molecule has 6 heteroatoms. The van der Waals surface area contributed by atoms with Gasteiger partial charge in [0.1, 0.15) is 18.3 Å². The minimum Gasteiger partial charge on any atom is -0.376 e. The van der Waals surface area contributed by atoms with Gasteiger partial charge >= 0.3 is 0 Å². The molecule has 0 aromatic heterocycles. The van der Waals surface area contributed by atoms with Crippen LogP contribution in [0.5, 0.6) is 0 Å². The van der Waals surface area contributed by atoms with Gasteiger partial charge in [0.25, 0.3) is 0 Å². The molecule has 7 rings (SSSR count). The van der Waals surface area contributed by atoms with Crippen molar-refractivity contribution < 1.29 is 18.9 Å². The normalized spacial score (nSPS) is 19.6. The monoisotopic (exact) mass is 768 g/mol. The minimum atomic E-state index is -0.412. The van der Waals surface area contributed by atoms with E-state index in [0.717, 1.165) is 51.2 Å². The van der Waals surface area contributed by atoms with Crippen LogP contribution >= 0.6 is 23.4 Å². The van der Waals surface area contributed by atoms with Crippen molar-refractivity contribution in [2.75, 3.05) is 6.61 Å². The number of hydrogen-bond donors (Lipinski definition) is 0. The third-order valence-electron chi connectivity index (χ3n) is 10.1. The third kappa shape index (κ3) is 11.0. The second kappa shape index (κ2) is 20.1. The summed E-state index contributed by atoms with van der Waals surface area (Å²) in [4.78, 5) is 0. The maximum Gasteiger partial charge on any atom is 0.113 e. The molecule has 1 aliphatic rings. The molecule has 1 heterocycles. The van der Waals surface area contributed by atoms with E-state index in [9.17, 15) is 0 Å². The molecule has 0 spiro atoms. The van der Waals surface area contributed by atoms with E-state index in [2.05, 4.69) is 128 Å². The molecule has 0 saturated carbocycles. The Kier molecular flexibility index (Phi) is 14.3. The van der Waals surface area contributed by atoms with E-state index < -0.39 is 6.10 Å². The van der Waals surface area contributed by atoms with Gasteiger partial charge in [0, 0.05) is 5.02 Å². The second-order valence-corrected chi connectivity index (χ2v) is 15.9. The van der Waals surface area contributed by atoms with Gasteiger partial charge in [0.15, 0.2) is 0 Å². The van der Waals surface area contributed by atoms with Crippen LogP contribution in [-0.4, -0.2) is 30.2 Å². The SMILES string of the molecule is CCc1ccc(Cc2cc([C@@H]3S[C@H](COCc4ccccc4)[C@@H](OCc4ccccc4)[C@H](OCc4ccccc4)[C@H]3OCc3ccccc3)ccc2Cl)cc1. The van der Waals surface area contributed by atoms with Crippen LogP contribution < -0.4 is 0 Å². The molecular formula is C49H49ClO4S. The van der Waals surface area contributed by atoms with E-state index in [-0.39, 0.29) is 22.7 Å². The summed E-state index contributed by atoms with van der Waals surface area (Å²) in [5, 5.41) is 0.606. The predicted molar refractivity (Wildman–Crippen MR) is 225 cm³/mol. The average Bonchev–Trinajstić information content (AvgIpc) is 3.24. The maximum absolute atomic E-state index is 7.06. The first kappa shape index (κ1) is 39.1. The fourth-order valence-corrected chi connectivity index (χ4v) is 8.89. The lowest BCUT2D eigenvalue weighted by Gasteiger charge is -2.46. The molecule has 6 aromatic carbocycles. The van der Waals surface area contributed by atoms with Crippen molar-refractivity contribution in [1.29, 1.82) is 0 Å². The number of rotatable bonds is 17. The van der Waals surface area contributed by atoms with Crippen LogP contribution in [-0.2, 0) is 58.2 Å². The van der Waals surface area contributed by atoms with Gasteiger partial charge in [-0.1, -0.05) is 176 Å². The zero-order valence-electron chi connectivity index (χ0n) is 31.3. The Bertz CT molecular complexity index is 2010. The van der Waals surface area contributed by atoms with E-state index >= 15 is 0 Å². The average molecular weight is 769 g/mol. The molecule has 6 aromatic rings. The lowest BCUT2D eigenvalue weighted by atomic mass is 9.94. The summed E-state index contributed by atoms with van der Waals surface area (Å²) in [6.07, 6.45) is 0.664. The standard InChI is InChI=1S/C49H49ClO4S/c1-2-36-23-25-37(26-24-36)29-43-30-42(27-28-44(43)50)49-48(54-34-41-21-13-6-14-22-41)47(53-33-40-19-11-5-12-20-40)46(52-32-39-17-9-4-10-18-39)45(55-49)35-51-31-38-15-7-3-8-16-38/h3-28,30,45-49H,2,29,31-35H2,1H3/t45-,46-,47+,48-,49+/m1/s1. The Labute approximate surface area is 335 Å². The number of benzene rings is 6. The number of thioether (sulfide) groups is 1. The zero-order chi connectivity index (χ0) is 37.7. The van der Waals surface area contributed by atoms with Crippen molar-refractivity contribution in [1.82, 2.24) is 0 Å². The van der Waals surface area contributed by atoms with E-state index in [0.29, 0.717) is 33.0 Å². The number of aryl methyl sites for hydroxylation is 1. The Morgan fingerprint density at radius 3 is 1.49 bits per heavy atom. The first-order valence-corrected chi connectivity index (χ1v) is 20.5. The van der Waals surface area contributed by atoms with Crippen molar-refractivity contribution in [3.8, 4) is 0 Å². The van der Waals surface area contributed by atoms with E-state index in [1.807, 2.05) is 54.2 Å². The topological polar surface area (TPSA) is 36.9 Å². The number of ether oxygens (including phenoxy) is 4. The van der Waals surface area contributed by atoms with Crippen LogP contribution in [0.25, 0.3) is 0 Å². The van der Waals surface area contributed by atoms with Gasteiger partial charge < -0.3 is 18.9 Å². The largest absolute Gasteiger partial charge is 0.376 e. The first-order chi connectivity index (χ1) is 27.1. The molecule has 1 saturated heterocycles. The van der Waals surface area contributed by atoms with Crippen molar-refractivity contribution in [2.24, 2.45) is 0 Å².